The van der Waals surface area contributed by atoms with E-state index in [0.29, 0.717) is 18.9 Å². The summed E-state index contributed by atoms with van der Waals surface area (Å²) < 4.78 is 0. The van der Waals surface area contributed by atoms with Crippen molar-refractivity contribution in [1.82, 2.24) is 30.0 Å². The molecule has 3 heterocycles. The highest BCUT2D eigenvalue weighted by Crippen LogP contribution is 2.21. The van der Waals surface area contributed by atoms with Crippen LogP contribution in [-0.4, -0.2) is 62.1 Å². The van der Waals surface area contributed by atoms with Gasteiger partial charge in [0.25, 0.3) is 5.91 Å². The van der Waals surface area contributed by atoms with E-state index in [1.165, 1.54) is 6.33 Å². The van der Waals surface area contributed by atoms with E-state index in [0.717, 1.165) is 29.7 Å². The van der Waals surface area contributed by atoms with Gasteiger partial charge in [-0.3, -0.25) is 9.89 Å². The Bertz CT molecular complexity index is 825. The number of aromatic nitrogens is 5. The smallest absolute Gasteiger partial charge is 0.291 e. The van der Waals surface area contributed by atoms with Gasteiger partial charge in [0.15, 0.2) is 0 Å². The minimum Gasteiger partial charge on any atom is -0.368 e. The van der Waals surface area contributed by atoms with Gasteiger partial charge in [-0.15, -0.1) is 0 Å². The lowest BCUT2D eigenvalue weighted by Gasteiger charge is -2.35. The van der Waals surface area contributed by atoms with E-state index in [-0.39, 0.29) is 5.91 Å². The standard InChI is InChI=1S/C15H15N7O/c23-15(14-18-10-19-20-14)22-5-3-21(4-6-22)12-1-2-13-11(7-12)8-16-9-17-13/h1-2,7-10H,3-6H2,(H,18,19,20). The molecular weight excluding hydrogens is 294 g/mol. The number of aromatic amines is 1. The van der Waals surface area contributed by atoms with Crippen LogP contribution in [0.2, 0.25) is 0 Å². The molecule has 3 aromatic rings. The zero-order chi connectivity index (χ0) is 15.6. The Hall–Kier alpha value is -3.03. The Kier molecular flexibility index (Phi) is 3.34. The number of piperazine rings is 1. The van der Waals surface area contributed by atoms with Crippen molar-refractivity contribution < 1.29 is 4.79 Å². The summed E-state index contributed by atoms with van der Waals surface area (Å²) in [6.07, 6.45) is 4.71. The van der Waals surface area contributed by atoms with E-state index in [2.05, 4.69) is 42.2 Å². The summed E-state index contributed by atoms with van der Waals surface area (Å²) >= 11 is 0. The van der Waals surface area contributed by atoms with Crippen LogP contribution in [0.25, 0.3) is 10.9 Å². The first-order valence-corrected chi connectivity index (χ1v) is 7.40. The van der Waals surface area contributed by atoms with Crippen LogP contribution in [0.4, 0.5) is 5.69 Å². The largest absolute Gasteiger partial charge is 0.368 e. The maximum Gasteiger partial charge on any atom is 0.291 e. The lowest BCUT2D eigenvalue weighted by Crippen LogP contribution is -2.49. The normalized spacial score (nSPS) is 15.1. The van der Waals surface area contributed by atoms with Crippen LogP contribution < -0.4 is 4.90 Å². The monoisotopic (exact) mass is 309 g/mol. The van der Waals surface area contributed by atoms with Crippen molar-refractivity contribution in [3.63, 3.8) is 0 Å². The highest BCUT2D eigenvalue weighted by molar-refractivity contribution is 5.90. The lowest BCUT2D eigenvalue weighted by molar-refractivity contribution is 0.0735. The van der Waals surface area contributed by atoms with Gasteiger partial charge in [-0.05, 0) is 18.2 Å². The van der Waals surface area contributed by atoms with E-state index in [4.69, 9.17) is 0 Å². The summed E-state index contributed by atoms with van der Waals surface area (Å²) in [6.45, 7) is 2.86. The Labute approximate surface area is 132 Å². The number of carbonyl (C=O) groups is 1. The molecule has 4 rings (SSSR count). The molecule has 1 N–H and O–H groups in total. The molecule has 0 saturated carbocycles. The van der Waals surface area contributed by atoms with Gasteiger partial charge in [0.2, 0.25) is 5.82 Å². The molecule has 0 bridgehead atoms. The number of amides is 1. The van der Waals surface area contributed by atoms with Crippen LogP contribution in [0.15, 0.2) is 37.1 Å². The van der Waals surface area contributed by atoms with E-state index >= 15 is 0 Å². The van der Waals surface area contributed by atoms with Gasteiger partial charge in [0.1, 0.15) is 12.7 Å². The molecule has 2 aromatic heterocycles. The summed E-state index contributed by atoms with van der Waals surface area (Å²) in [7, 11) is 0. The molecule has 0 radical (unpaired) electrons. The maximum absolute atomic E-state index is 12.2. The second-order valence-electron chi connectivity index (χ2n) is 5.38. The van der Waals surface area contributed by atoms with E-state index in [9.17, 15) is 4.79 Å². The number of nitrogens with one attached hydrogen (secondary N) is 1. The molecule has 8 heteroatoms. The molecule has 116 valence electrons. The number of anilines is 1. The third-order valence-corrected chi connectivity index (χ3v) is 4.04. The number of H-pyrrole nitrogens is 1. The molecule has 1 fully saturated rings. The van der Waals surface area contributed by atoms with E-state index < -0.39 is 0 Å². The van der Waals surface area contributed by atoms with Crippen molar-refractivity contribution in [2.75, 3.05) is 31.1 Å². The van der Waals surface area contributed by atoms with Gasteiger partial charge >= 0.3 is 0 Å². The fourth-order valence-electron chi connectivity index (χ4n) is 2.79. The van der Waals surface area contributed by atoms with Crippen LogP contribution >= 0.6 is 0 Å². The molecule has 0 unspecified atom stereocenters. The average Bonchev–Trinajstić information content (AvgIpc) is 3.15. The molecule has 1 aliphatic heterocycles. The minimum atomic E-state index is -0.103. The first-order chi connectivity index (χ1) is 11.3. The Morgan fingerprint density at radius 1 is 1.09 bits per heavy atom. The Morgan fingerprint density at radius 2 is 1.96 bits per heavy atom. The van der Waals surface area contributed by atoms with Gasteiger partial charge in [-0.25, -0.2) is 15.0 Å². The minimum absolute atomic E-state index is 0.103. The molecule has 8 nitrogen and oxygen atoms in total. The second kappa shape index (κ2) is 5.64. The van der Waals surface area contributed by atoms with Gasteiger partial charge in [-0.1, -0.05) is 0 Å². The molecule has 0 atom stereocenters. The zero-order valence-electron chi connectivity index (χ0n) is 12.4. The number of nitrogens with zero attached hydrogens (tertiary/aromatic N) is 6. The van der Waals surface area contributed by atoms with Crippen LogP contribution in [0.5, 0.6) is 0 Å². The van der Waals surface area contributed by atoms with Crippen LogP contribution in [0.1, 0.15) is 10.6 Å². The van der Waals surface area contributed by atoms with Crippen LogP contribution in [0.3, 0.4) is 0 Å². The second-order valence-corrected chi connectivity index (χ2v) is 5.38. The van der Waals surface area contributed by atoms with Crippen LogP contribution in [-0.2, 0) is 0 Å². The van der Waals surface area contributed by atoms with Crippen LogP contribution in [0, 0.1) is 0 Å². The van der Waals surface area contributed by atoms with Gasteiger partial charge < -0.3 is 9.80 Å². The van der Waals surface area contributed by atoms with Crippen molar-refractivity contribution in [2.45, 2.75) is 0 Å². The average molecular weight is 309 g/mol. The van der Waals surface area contributed by atoms with Gasteiger partial charge in [-0.2, -0.15) is 5.10 Å². The SMILES string of the molecule is O=C(c1ncn[nH]1)N1CCN(c2ccc3ncncc3c2)CC1. The highest BCUT2D eigenvalue weighted by atomic mass is 16.2. The fourth-order valence-corrected chi connectivity index (χ4v) is 2.79. The molecule has 1 amide bonds. The lowest BCUT2D eigenvalue weighted by atomic mass is 10.2. The van der Waals surface area contributed by atoms with Gasteiger partial charge in [0.05, 0.1) is 5.52 Å². The zero-order valence-corrected chi connectivity index (χ0v) is 12.4. The summed E-state index contributed by atoms with van der Waals surface area (Å²) in [6, 6.07) is 6.14. The number of fused-ring (bicyclic) bond motifs is 1. The third kappa shape index (κ3) is 2.59. The van der Waals surface area contributed by atoms with Crippen molar-refractivity contribution in [2.24, 2.45) is 0 Å². The number of hydrogen-bond donors (Lipinski definition) is 1. The fraction of sp³-hybridized carbons (Fsp3) is 0.267. The Morgan fingerprint density at radius 3 is 2.74 bits per heavy atom. The van der Waals surface area contributed by atoms with Crippen molar-refractivity contribution in [3.05, 3.63) is 42.9 Å². The molecule has 1 aromatic carbocycles. The van der Waals surface area contributed by atoms with E-state index in [1.807, 2.05) is 12.3 Å². The predicted octanol–water partition coefficient (Wildman–Crippen LogP) is 0.710. The Balaban J connectivity index is 1.47. The number of carbonyl (C=O) groups excluding carboxylic acids is 1. The molecule has 23 heavy (non-hydrogen) atoms. The molecule has 0 spiro atoms. The van der Waals surface area contributed by atoms with E-state index in [1.54, 1.807) is 11.2 Å². The summed E-state index contributed by atoms with van der Waals surface area (Å²) in [5.74, 6) is 0.190. The number of benzene rings is 1. The first kappa shape index (κ1) is 13.6. The number of hydrogen-bond acceptors (Lipinski definition) is 6. The third-order valence-electron chi connectivity index (χ3n) is 4.04. The molecular formula is C15H15N7O. The summed E-state index contributed by atoms with van der Waals surface area (Å²) in [4.78, 5) is 28.5. The first-order valence-electron chi connectivity index (χ1n) is 7.40. The van der Waals surface area contributed by atoms with Crippen molar-refractivity contribution in [3.8, 4) is 0 Å². The quantitative estimate of drug-likeness (QED) is 0.750. The maximum atomic E-state index is 12.2. The highest BCUT2D eigenvalue weighted by Gasteiger charge is 2.24. The number of rotatable bonds is 2. The molecule has 1 aliphatic rings. The summed E-state index contributed by atoms with van der Waals surface area (Å²) in [5.41, 5.74) is 2.06. The summed E-state index contributed by atoms with van der Waals surface area (Å²) in [5, 5.41) is 7.36. The molecule has 1 saturated heterocycles. The van der Waals surface area contributed by atoms with Gasteiger partial charge in [0, 0.05) is 43.4 Å². The predicted molar refractivity (Wildman–Crippen MR) is 84.0 cm³/mol. The molecule has 0 aliphatic carbocycles. The van der Waals surface area contributed by atoms with Crippen molar-refractivity contribution >= 4 is 22.5 Å². The van der Waals surface area contributed by atoms with Crippen molar-refractivity contribution in [1.29, 1.82) is 0 Å². The topological polar surface area (TPSA) is 90.9 Å².